The molecular weight excluding hydrogens is 825 g/mol. The molecule has 0 N–H and O–H groups in total. The van der Waals surface area contributed by atoms with Crippen LogP contribution in [0.3, 0.4) is 0 Å². The molecule has 68 heavy (non-hydrogen) atoms. The molecule has 0 fully saturated rings. The normalized spacial score (nSPS) is 12.9. The van der Waals surface area contributed by atoms with Crippen LogP contribution in [-0.4, -0.2) is 4.57 Å². The lowest BCUT2D eigenvalue weighted by Crippen LogP contribution is -2.28. The molecule has 0 atom stereocenters. The molecule has 0 spiro atoms. The van der Waals surface area contributed by atoms with E-state index in [1.54, 1.807) is 0 Å². The van der Waals surface area contributed by atoms with Gasteiger partial charge in [0, 0.05) is 50.5 Å². The minimum atomic E-state index is -0.539. The van der Waals surface area contributed by atoms with Crippen LogP contribution < -0.4 is 9.64 Å². The van der Waals surface area contributed by atoms with Crippen molar-refractivity contribution < 1.29 is 4.74 Å². The van der Waals surface area contributed by atoms with E-state index in [1.165, 1.54) is 66.1 Å². The van der Waals surface area contributed by atoms with Gasteiger partial charge in [0.05, 0.1) is 16.4 Å². The molecule has 0 radical (unpaired) electrons. The maximum absolute atomic E-state index is 6.82. The number of hydrogen-bond donors (Lipinski definition) is 0. The maximum atomic E-state index is 6.82. The minimum absolute atomic E-state index is 0.539. The minimum Gasteiger partial charge on any atom is -0.456 e. The van der Waals surface area contributed by atoms with E-state index in [9.17, 15) is 0 Å². The van der Waals surface area contributed by atoms with Gasteiger partial charge in [-0.15, -0.1) is 0 Å². The van der Waals surface area contributed by atoms with Gasteiger partial charge in [-0.25, -0.2) is 0 Å². The summed E-state index contributed by atoms with van der Waals surface area (Å²) in [5.74, 6) is 1.72. The van der Waals surface area contributed by atoms with Crippen LogP contribution in [0, 0.1) is 0 Å². The van der Waals surface area contributed by atoms with Crippen LogP contribution in [0.1, 0.15) is 22.3 Å². The van der Waals surface area contributed by atoms with E-state index in [0.717, 1.165) is 56.3 Å². The Hall–Kier alpha value is -8.92. The molecule has 3 heteroatoms. The lowest BCUT2D eigenvalue weighted by atomic mass is 9.67. The zero-order valence-electron chi connectivity index (χ0n) is 37.1. The quantitative estimate of drug-likeness (QED) is 0.159. The van der Waals surface area contributed by atoms with Crippen molar-refractivity contribution in [2.24, 2.45) is 0 Å². The summed E-state index contributed by atoms with van der Waals surface area (Å²) in [5.41, 5.74) is 18.2. The first-order valence-corrected chi connectivity index (χ1v) is 23.4. The van der Waals surface area contributed by atoms with Gasteiger partial charge in [-0.05, 0) is 122 Å². The fourth-order valence-corrected chi connectivity index (χ4v) is 11.5. The average Bonchev–Trinajstić information content (AvgIpc) is 3.90. The molecule has 1 aliphatic carbocycles. The van der Waals surface area contributed by atoms with Crippen LogP contribution in [0.5, 0.6) is 11.5 Å². The molecule has 14 rings (SSSR count). The summed E-state index contributed by atoms with van der Waals surface area (Å²) < 4.78 is 9.21. The number of hydrogen-bond acceptors (Lipinski definition) is 2. The Morgan fingerprint density at radius 1 is 0.353 bits per heavy atom. The second kappa shape index (κ2) is 15.1. The van der Waals surface area contributed by atoms with E-state index in [4.69, 9.17) is 4.74 Å². The number of rotatable bonds is 7. The van der Waals surface area contributed by atoms with Gasteiger partial charge in [-0.2, -0.15) is 0 Å². The van der Waals surface area contributed by atoms with Crippen LogP contribution in [0.25, 0.3) is 71.6 Å². The van der Waals surface area contributed by atoms with Crippen molar-refractivity contribution in [3.63, 3.8) is 0 Å². The SMILES string of the molecule is c1ccc(-n2c3ccccc3c3ccc(-c4ccc(N(c5ccc6c(c5)Oc5cccc7cccc-6c57)c5ccc6c(c5)C(c5ccccc5)(c5ccccc5)c5ccccc5-6)cc4)cc32)cc1. The van der Waals surface area contributed by atoms with Crippen molar-refractivity contribution in [3.8, 4) is 50.6 Å². The summed E-state index contributed by atoms with van der Waals surface area (Å²) >= 11 is 0. The molecule has 0 saturated heterocycles. The number of benzene rings is 11. The van der Waals surface area contributed by atoms with Crippen molar-refractivity contribution in [1.82, 2.24) is 4.57 Å². The molecule has 318 valence electrons. The predicted octanol–water partition coefficient (Wildman–Crippen LogP) is 17.2. The molecule has 3 nitrogen and oxygen atoms in total. The number of nitrogens with zero attached hydrogens (tertiary/aromatic N) is 2. The standard InChI is InChI=1S/C65H42N2O/c1-4-18-46(19-5-1)65(47-20-6-2-7-21-47)58-27-12-10-24-52(58)53-38-35-50(41-59(53)65)66(51-36-39-56-57-26-14-16-44-17-15-29-62(64(44)57)68-63(56)42-51)49-33-30-43(31-34-49)45-32-37-55-54-25-11-13-28-60(54)67(61(55)40-45)48-22-8-3-9-23-48/h1-42H. The second-order valence-corrected chi connectivity index (χ2v) is 18.0. The van der Waals surface area contributed by atoms with E-state index in [-0.39, 0.29) is 0 Å². The summed E-state index contributed by atoms with van der Waals surface area (Å²) in [6.45, 7) is 0. The van der Waals surface area contributed by atoms with E-state index in [0.29, 0.717) is 0 Å². The summed E-state index contributed by atoms with van der Waals surface area (Å²) in [6.07, 6.45) is 0. The van der Waals surface area contributed by atoms with Gasteiger partial charge in [0.1, 0.15) is 11.5 Å². The molecule has 2 aliphatic rings. The first-order valence-electron chi connectivity index (χ1n) is 23.4. The van der Waals surface area contributed by atoms with Gasteiger partial charge in [-0.1, -0.05) is 182 Å². The predicted molar refractivity (Wildman–Crippen MR) is 281 cm³/mol. The molecule has 0 unspecified atom stereocenters. The summed E-state index contributed by atoms with van der Waals surface area (Å²) in [4.78, 5) is 2.40. The van der Waals surface area contributed by atoms with Crippen LogP contribution in [0.2, 0.25) is 0 Å². The van der Waals surface area contributed by atoms with Crippen LogP contribution >= 0.6 is 0 Å². The molecule has 0 amide bonds. The number of aromatic nitrogens is 1. The highest BCUT2D eigenvalue weighted by Gasteiger charge is 2.46. The maximum Gasteiger partial charge on any atom is 0.137 e. The van der Waals surface area contributed by atoms with Gasteiger partial charge in [-0.3, -0.25) is 0 Å². The summed E-state index contributed by atoms with van der Waals surface area (Å²) in [7, 11) is 0. The Morgan fingerprint density at radius 3 is 1.72 bits per heavy atom. The molecule has 0 bridgehead atoms. The van der Waals surface area contributed by atoms with Crippen LogP contribution in [0.15, 0.2) is 255 Å². The molecule has 11 aromatic carbocycles. The zero-order valence-corrected chi connectivity index (χ0v) is 37.1. The highest BCUT2D eigenvalue weighted by molar-refractivity contribution is 6.10. The highest BCUT2D eigenvalue weighted by atomic mass is 16.5. The van der Waals surface area contributed by atoms with Gasteiger partial charge < -0.3 is 14.2 Å². The van der Waals surface area contributed by atoms with E-state index < -0.39 is 5.41 Å². The average molecular weight is 867 g/mol. The third-order valence-corrected chi connectivity index (χ3v) is 14.4. The molecular formula is C65H42N2O. The van der Waals surface area contributed by atoms with Crippen molar-refractivity contribution in [2.45, 2.75) is 5.41 Å². The van der Waals surface area contributed by atoms with E-state index in [1.807, 2.05) is 0 Å². The summed E-state index contributed by atoms with van der Waals surface area (Å²) in [5, 5.41) is 4.82. The third kappa shape index (κ3) is 5.66. The van der Waals surface area contributed by atoms with Crippen molar-refractivity contribution >= 4 is 49.6 Å². The largest absolute Gasteiger partial charge is 0.456 e. The Morgan fingerprint density at radius 2 is 0.941 bits per heavy atom. The third-order valence-electron chi connectivity index (χ3n) is 14.4. The van der Waals surface area contributed by atoms with Gasteiger partial charge in [0.2, 0.25) is 0 Å². The second-order valence-electron chi connectivity index (χ2n) is 18.0. The van der Waals surface area contributed by atoms with E-state index >= 15 is 0 Å². The van der Waals surface area contributed by atoms with Crippen molar-refractivity contribution in [1.29, 1.82) is 0 Å². The Labute approximate surface area is 395 Å². The molecule has 12 aromatic rings. The van der Waals surface area contributed by atoms with Crippen molar-refractivity contribution in [3.05, 3.63) is 277 Å². The van der Waals surface area contributed by atoms with Gasteiger partial charge in [0.15, 0.2) is 0 Å². The Kier molecular flexibility index (Phi) is 8.50. The first-order chi connectivity index (χ1) is 33.7. The highest BCUT2D eigenvalue weighted by Crippen LogP contribution is 2.58. The Balaban J connectivity index is 0.956. The van der Waals surface area contributed by atoms with Gasteiger partial charge >= 0.3 is 0 Å². The molecule has 1 aromatic heterocycles. The lowest BCUT2D eigenvalue weighted by molar-refractivity contribution is 0.487. The Bertz CT molecular complexity index is 3880. The molecule has 0 saturated carbocycles. The van der Waals surface area contributed by atoms with Crippen LogP contribution in [0.4, 0.5) is 17.1 Å². The van der Waals surface area contributed by atoms with Gasteiger partial charge in [0.25, 0.3) is 0 Å². The molecule has 1 aliphatic heterocycles. The van der Waals surface area contributed by atoms with E-state index in [2.05, 4.69) is 264 Å². The zero-order chi connectivity index (χ0) is 44.8. The number of anilines is 3. The number of ether oxygens (including phenoxy) is 1. The topological polar surface area (TPSA) is 17.4 Å². The molecule has 2 heterocycles. The first kappa shape index (κ1) is 38.4. The smallest absolute Gasteiger partial charge is 0.137 e. The fourth-order valence-electron chi connectivity index (χ4n) is 11.5. The monoisotopic (exact) mass is 866 g/mol. The number of fused-ring (bicyclic) bond motifs is 8. The lowest BCUT2D eigenvalue weighted by Gasteiger charge is -2.35. The van der Waals surface area contributed by atoms with Crippen molar-refractivity contribution in [2.75, 3.05) is 4.90 Å². The number of para-hydroxylation sites is 2. The summed E-state index contributed by atoms with van der Waals surface area (Å²) in [6, 6.07) is 93.0. The van der Waals surface area contributed by atoms with Crippen LogP contribution in [-0.2, 0) is 5.41 Å². The fraction of sp³-hybridized carbons (Fsp3) is 0.0154.